The molecule has 134 valence electrons. The Hall–Kier alpha value is -1.10. The Morgan fingerprint density at radius 2 is 1.67 bits per heavy atom. The number of β-amino-alcohol motifs (C(OH)–C–C–N with tert-alkyl or cyclic N) is 1. The van der Waals surface area contributed by atoms with Crippen molar-refractivity contribution in [2.24, 2.45) is 0 Å². The minimum atomic E-state index is -0.376. The van der Waals surface area contributed by atoms with Gasteiger partial charge in [0.15, 0.2) is 0 Å². The highest BCUT2D eigenvalue weighted by molar-refractivity contribution is 5.21. The van der Waals surface area contributed by atoms with Crippen LogP contribution in [0.25, 0.3) is 0 Å². The second-order valence-electron chi connectivity index (χ2n) is 7.18. The molecule has 1 saturated carbocycles. The Morgan fingerprint density at radius 1 is 0.958 bits per heavy atom. The molecule has 1 atom stereocenters. The van der Waals surface area contributed by atoms with Crippen LogP contribution in [0, 0.1) is 0 Å². The monoisotopic (exact) mass is 333 g/mol. The second kappa shape index (κ2) is 9.40. The van der Waals surface area contributed by atoms with Crippen molar-refractivity contribution < 1.29 is 14.6 Å². The molecular formula is C20H31NO3. The van der Waals surface area contributed by atoms with E-state index < -0.39 is 0 Å². The summed E-state index contributed by atoms with van der Waals surface area (Å²) in [5.74, 6) is 0.955. The summed E-state index contributed by atoms with van der Waals surface area (Å²) in [6.45, 7) is 3.16. The lowest BCUT2D eigenvalue weighted by molar-refractivity contribution is -0.0374. The minimum Gasteiger partial charge on any atom is -0.490 e. The number of ether oxygens (including phenoxy) is 2. The summed E-state index contributed by atoms with van der Waals surface area (Å²) < 4.78 is 11.9. The van der Waals surface area contributed by atoms with Crippen molar-refractivity contribution in [2.75, 3.05) is 26.2 Å². The lowest BCUT2D eigenvalue weighted by Gasteiger charge is -2.33. The molecule has 1 aliphatic heterocycles. The second-order valence-corrected chi connectivity index (χ2v) is 7.18. The summed E-state index contributed by atoms with van der Waals surface area (Å²) in [5, 5.41) is 10.2. The van der Waals surface area contributed by atoms with Crippen molar-refractivity contribution >= 4 is 0 Å². The molecule has 0 bridgehead atoms. The summed E-state index contributed by atoms with van der Waals surface area (Å²) in [7, 11) is 0. The maximum atomic E-state index is 10.2. The van der Waals surface area contributed by atoms with Crippen LogP contribution in [0.3, 0.4) is 0 Å². The molecule has 0 spiro atoms. The van der Waals surface area contributed by atoms with Gasteiger partial charge < -0.3 is 19.5 Å². The molecule has 4 nitrogen and oxygen atoms in total. The number of benzene rings is 1. The zero-order valence-corrected chi connectivity index (χ0v) is 14.6. The third kappa shape index (κ3) is 5.76. The normalized spacial score (nSPS) is 22.4. The Bertz CT molecular complexity index is 453. The third-order valence-electron chi connectivity index (χ3n) is 5.13. The van der Waals surface area contributed by atoms with E-state index in [1.807, 2.05) is 30.3 Å². The molecule has 1 aromatic carbocycles. The minimum absolute atomic E-state index is 0.291. The number of hydrogen-bond acceptors (Lipinski definition) is 4. The maximum absolute atomic E-state index is 10.2. The fourth-order valence-electron chi connectivity index (χ4n) is 3.73. The number of para-hydroxylation sites is 1. The highest BCUT2D eigenvalue weighted by Crippen LogP contribution is 2.21. The van der Waals surface area contributed by atoms with Gasteiger partial charge in [0.25, 0.3) is 0 Å². The molecule has 3 rings (SSSR count). The Morgan fingerprint density at radius 3 is 2.38 bits per heavy atom. The largest absolute Gasteiger partial charge is 0.490 e. The standard InChI is InChI=1S/C20H31NO3/c22-17(16-23-18-7-3-1-4-8-18)15-21-13-11-20(12-14-21)24-19-9-5-2-6-10-19/h2,5-6,9-10,17-18,20,22H,1,3-4,7-8,11-16H2. The first-order valence-corrected chi connectivity index (χ1v) is 9.53. The van der Waals surface area contributed by atoms with Gasteiger partial charge in [-0.05, 0) is 37.8 Å². The number of rotatable bonds is 7. The first kappa shape index (κ1) is 17.7. The van der Waals surface area contributed by atoms with Crippen LogP contribution in [-0.2, 0) is 4.74 Å². The SMILES string of the molecule is OC(COC1CCCCC1)CN1CCC(Oc2ccccc2)CC1. The van der Waals surface area contributed by atoms with Crippen molar-refractivity contribution in [3.05, 3.63) is 30.3 Å². The molecule has 2 fully saturated rings. The lowest BCUT2D eigenvalue weighted by Crippen LogP contribution is -2.43. The van der Waals surface area contributed by atoms with Gasteiger partial charge >= 0.3 is 0 Å². The summed E-state index contributed by atoms with van der Waals surface area (Å²) in [4.78, 5) is 2.33. The summed E-state index contributed by atoms with van der Waals surface area (Å²) in [6, 6.07) is 10.0. The fraction of sp³-hybridized carbons (Fsp3) is 0.700. The lowest BCUT2D eigenvalue weighted by atomic mass is 9.98. The van der Waals surface area contributed by atoms with E-state index in [0.717, 1.165) is 44.5 Å². The van der Waals surface area contributed by atoms with Gasteiger partial charge in [0.2, 0.25) is 0 Å². The average Bonchev–Trinajstić information content (AvgIpc) is 2.63. The van der Waals surface area contributed by atoms with Gasteiger partial charge in [0, 0.05) is 19.6 Å². The molecule has 1 saturated heterocycles. The van der Waals surface area contributed by atoms with Gasteiger partial charge in [-0.2, -0.15) is 0 Å². The van der Waals surface area contributed by atoms with E-state index >= 15 is 0 Å². The van der Waals surface area contributed by atoms with Gasteiger partial charge in [-0.15, -0.1) is 0 Å². The fourth-order valence-corrected chi connectivity index (χ4v) is 3.73. The van der Waals surface area contributed by atoms with Crippen molar-refractivity contribution in [3.8, 4) is 5.75 Å². The van der Waals surface area contributed by atoms with E-state index in [-0.39, 0.29) is 6.10 Å². The van der Waals surface area contributed by atoms with Crippen molar-refractivity contribution in [3.63, 3.8) is 0 Å². The number of aliphatic hydroxyl groups excluding tert-OH is 1. The molecule has 1 aromatic rings. The number of aliphatic hydroxyl groups is 1. The number of piperidine rings is 1. The highest BCUT2D eigenvalue weighted by atomic mass is 16.5. The molecule has 0 radical (unpaired) electrons. The molecular weight excluding hydrogens is 302 g/mol. The summed E-state index contributed by atoms with van der Waals surface area (Å²) in [5.41, 5.74) is 0. The molecule has 0 amide bonds. The van der Waals surface area contributed by atoms with E-state index in [0.29, 0.717) is 25.4 Å². The van der Waals surface area contributed by atoms with Crippen LogP contribution < -0.4 is 4.74 Å². The molecule has 1 aliphatic carbocycles. The smallest absolute Gasteiger partial charge is 0.119 e. The first-order chi connectivity index (χ1) is 11.8. The average molecular weight is 333 g/mol. The van der Waals surface area contributed by atoms with E-state index in [1.165, 1.54) is 19.3 Å². The van der Waals surface area contributed by atoms with Gasteiger partial charge in [0.1, 0.15) is 11.9 Å². The van der Waals surface area contributed by atoms with Crippen molar-refractivity contribution in [2.45, 2.75) is 63.3 Å². The molecule has 1 N–H and O–H groups in total. The third-order valence-corrected chi connectivity index (χ3v) is 5.13. The van der Waals surface area contributed by atoms with Crippen LogP contribution in [-0.4, -0.2) is 54.6 Å². The van der Waals surface area contributed by atoms with Gasteiger partial charge in [0.05, 0.1) is 18.8 Å². The summed E-state index contributed by atoms with van der Waals surface area (Å²) >= 11 is 0. The summed E-state index contributed by atoms with van der Waals surface area (Å²) in [6.07, 6.45) is 8.53. The van der Waals surface area contributed by atoms with Crippen molar-refractivity contribution in [1.82, 2.24) is 4.90 Å². The first-order valence-electron chi connectivity index (χ1n) is 9.53. The number of likely N-dealkylation sites (tertiary alicyclic amines) is 1. The quantitative estimate of drug-likeness (QED) is 0.832. The van der Waals surface area contributed by atoms with Crippen LogP contribution in [0.2, 0.25) is 0 Å². The van der Waals surface area contributed by atoms with Gasteiger partial charge in [-0.25, -0.2) is 0 Å². The number of nitrogens with zero attached hydrogens (tertiary/aromatic N) is 1. The predicted octanol–water partition coefficient (Wildman–Crippen LogP) is 3.24. The molecule has 0 aromatic heterocycles. The van der Waals surface area contributed by atoms with Crippen LogP contribution >= 0.6 is 0 Å². The van der Waals surface area contributed by atoms with E-state index in [2.05, 4.69) is 4.90 Å². The van der Waals surface area contributed by atoms with Crippen LogP contribution in [0.1, 0.15) is 44.9 Å². The molecule has 4 heteroatoms. The predicted molar refractivity (Wildman–Crippen MR) is 95.4 cm³/mol. The van der Waals surface area contributed by atoms with E-state index in [1.54, 1.807) is 0 Å². The Labute approximate surface area is 145 Å². The molecule has 1 heterocycles. The van der Waals surface area contributed by atoms with Gasteiger partial charge in [-0.3, -0.25) is 0 Å². The van der Waals surface area contributed by atoms with Crippen molar-refractivity contribution in [1.29, 1.82) is 0 Å². The Balaban J connectivity index is 1.31. The maximum Gasteiger partial charge on any atom is 0.119 e. The number of hydrogen-bond donors (Lipinski definition) is 1. The Kier molecular flexibility index (Phi) is 6.94. The zero-order valence-electron chi connectivity index (χ0n) is 14.6. The van der Waals surface area contributed by atoms with E-state index in [4.69, 9.17) is 9.47 Å². The van der Waals surface area contributed by atoms with Crippen LogP contribution in [0.4, 0.5) is 0 Å². The topological polar surface area (TPSA) is 41.9 Å². The van der Waals surface area contributed by atoms with Gasteiger partial charge in [-0.1, -0.05) is 37.5 Å². The van der Waals surface area contributed by atoms with E-state index in [9.17, 15) is 5.11 Å². The molecule has 1 unspecified atom stereocenters. The molecule has 2 aliphatic rings. The highest BCUT2D eigenvalue weighted by Gasteiger charge is 2.23. The zero-order chi connectivity index (χ0) is 16.6. The van der Waals surface area contributed by atoms with Crippen LogP contribution in [0.15, 0.2) is 30.3 Å². The molecule has 24 heavy (non-hydrogen) atoms. The van der Waals surface area contributed by atoms with Crippen LogP contribution in [0.5, 0.6) is 5.75 Å².